The molecule has 0 fully saturated rings. The van der Waals surface area contributed by atoms with Crippen molar-refractivity contribution in [1.29, 1.82) is 0 Å². The van der Waals surface area contributed by atoms with Gasteiger partial charge in [0.25, 0.3) is 0 Å². The Kier molecular flexibility index (Phi) is 4.75. The Labute approximate surface area is 99.5 Å². The number of carbonyl (C=O) groups is 2. The number of urea groups is 1. The molecule has 0 saturated carbocycles. The number of hydrogen-bond donors (Lipinski definition) is 2. The minimum absolute atomic E-state index is 0.343. The number of anilines is 1. The van der Waals surface area contributed by atoms with E-state index in [0.717, 1.165) is 0 Å². The smallest absolute Gasteiger partial charge is 0.319 e. The molecule has 0 aliphatic heterocycles. The summed E-state index contributed by atoms with van der Waals surface area (Å²) >= 11 is 0. The molecule has 0 atom stereocenters. The number of benzene rings is 1. The van der Waals surface area contributed by atoms with E-state index in [4.69, 9.17) is 4.74 Å². The summed E-state index contributed by atoms with van der Waals surface area (Å²) < 4.78 is 4.89. The van der Waals surface area contributed by atoms with Crippen LogP contribution in [-0.4, -0.2) is 18.5 Å². The summed E-state index contributed by atoms with van der Waals surface area (Å²) in [5.74, 6) is -0.0164. The van der Waals surface area contributed by atoms with Crippen molar-refractivity contribution in [3.63, 3.8) is 0 Å². The summed E-state index contributed by atoms with van der Waals surface area (Å²) in [7, 11) is 0. The van der Waals surface area contributed by atoms with E-state index in [1.54, 1.807) is 30.3 Å². The molecule has 1 aromatic rings. The van der Waals surface area contributed by atoms with Gasteiger partial charge in [-0.25, -0.2) is 4.79 Å². The van der Waals surface area contributed by atoms with Crippen LogP contribution in [0.25, 0.3) is 0 Å². The number of ether oxygens (including phenoxy) is 1. The molecule has 1 aromatic carbocycles. The van der Waals surface area contributed by atoms with Gasteiger partial charge in [-0.1, -0.05) is 12.1 Å². The predicted octanol–water partition coefficient (Wildman–Crippen LogP) is 1.92. The lowest BCUT2D eigenvalue weighted by Gasteiger charge is -2.07. The molecule has 90 valence electrons. The second-order valence-electron chi connectivity index (χ2n) is 3.25. The van der Waals surface area contributed by atoms with Gasteiger partial charge in [-0.05, 0) is 12.1 Å². The number of esters is 1. The van der Waals surface area contributed by atoms with Gasteiger partial charge < -0.3 is 15.4 Å². The molecule has 0 aliphatic carbocycles. The summed E-state index contributed by atoms with van der Waals surface area (Å²) in [6.07, 6.45) is 1.58. The van der Waals surface area contributed by atoms with E-state index in [2.05, 4.69) is 17.2 Å². The van der Waals surface area contributed by atoms with E-state index < -0.39 is 5.97 Å². The zero-order chi connectivity index (χ0) is 12.7. The highest BCUT2D eigenvalue weighted by molar-refractivity contribution is 5.89. The second-order valence-corrected chi connectivity index (χ2v) is 3.25. The largest absolute Gasteiger partial charge is 0.427 e. The molecular formula is C12H14N2O3. The summed E-state index contributed by atoms with van der Waals surface area (Å²) in [5, 5.41) is 5.17. The lowest BCUT2D eigenvalue weighted by Crippen LogP contribution is -2.28. The molecule has 0 aliphatic rings. The van der Waals surface area contributed by atoms with Gasteiger partial charge in [-0.2, -0.15) is 0 Å². The first-order chi connectivity index (χ1) is 8.11. The molecule has 2 N–H and O–H groups in total. The van der Waals surface area contributed by atoms with Gasteiger partial charge in [-0.15, -0.1) is 6.58 Å². The van der Waals surface area contributed by atoms with Crippen LogP contribution in [0, 0.1) is 0 Å². The minimum atomic E-state index is -0.404. The fourth-order valence-corrected chi connectivity index (χ4v) is 1.14. The van der Waals surface area contributed by atoms with Gasteiger partial charge in [0, 0.05) is 25.2 Å². The van der Waals surface area contributed by atoms with Crippen LogP contribution in [0.2, 0.25) is 0 Å². The van der Waals surface area contributed by atoms with Crippen molar-refractivity contribution in [3.05, 3.63) is 36.9 Å². The average Bonchev–Trinajstić information content (AvgIpc) is 2.26. The van der Waals surface area contributed by atoms with E-state index in [1.165, 1.54) is 6.92 Å². The van der Waals surface area contributed by atoms with Crippen LogP contribution in [0.3, 0.4) is 0 Å². The molecule has 17 heavy (non-hydrogen) atoms. The van der Waals surface area contributed by atoms with Gasteiger partial charge >= 0.3 is 12.0 Å². The highest BCUT2D eigenvalue weighted by Crippen LogP contribution is 2.17. The summed E-state index contributed by atoms with van der Waals surface area (Å²) in [5.41, 5.74) is 0.547. The Morgan fingerprint density at radius 3 is 2.88 bits per heavy atom. The van der Waals surface area contributed by atoms with Crippen molar-refractivity contribution in [3.8, 4) is 5.75 Å². The molecule has 1 rings (SSSR count). The Morgan fingerprint density at radius 1 is 1.47 bits per heavy atom. The highest BCUT2D eigenvalue weighted by atomic mass is 16.5. The van der Waals surface area contributed by atoms with E-state index in [-0.39, 0.29) is 6.03 Å². The molecule has 0 aromatic heterocycles. The van der Waals surface area contributed by atoms with Gasteiger partial charge in [0.1, 0.15) is 5.75 Å². The van der Waals surface area contributed by atoms with Crippen molar-refractivity contribution in [1.82, 2.24) is 5.32 Å². The van der Waals surface area contributed by atoms with Crippen LogP contribution in [0.5, 0.6) is 5.75 Å². The Balaban J connectivity index is 2.61. The van der Waals surface area contributed by atoms with Crippen molar-refractivity contribution >= 4 is 17.7 Å². The highest BCUT2D eigenvalue weighted by Gasteiger charge is 2.02. The lowest BCUT2D eigenvalue weighted by molar-refractivity contribution is -0.131. The van der Waals surface area contributed by atoms with Crippen LogP contribution in [0.1, 0.15) is 6.92 Å². The third-order valence-electron chi connectivity index (χ3n) is 1.76. The summed E-state index contributed by atoms with van der Waals surface area (Å²) in [6, 6.07) is 6.23. The van der Waals surface area contributed by atoms with Crippen molar-refractivity contribution in [2.45, 2.75) is 6.92 Å². The van der Waals surface area contributed by atoms with Gasteiger partial charge in [-0.3, -0.25) is 4.79 Å². The first kappa shape index (κ1) is 12.8. The van der Waals surface area contributed by atoms with E-state index in [9.17, 15) is 9.59 Å². The predicted molar refractivity (Wildman–Crippen MR) is 65.0 cm³/mol. The number of carbonyl (C=O) groups excluding carboxylic acids is 2. The summed E-state index contributed by atoms with van der Waals surface area (Å²) in [4.78, 5) is 22.1. The molecule has 2 amide bonds. The quantitative estimate of drug-likeness (QED) is 0.475. The maximum absolute atomic E-state index is 11.3. The van der Waals surface area contributed by atoms with Crippen molar-refractivity contribution in [2.75, 3.05) is 11.9 Å². The Morgan fingerprint density at radius 2 is 2.24 bits per heavy atom. The summed E-state index contributed by atoms with van der Waals surface area (Å²) in [6.45, 7) is 5.19. The molecule has 0 unspecified atom stereocenters. The third-order valence-corrected chi connectivity index (χ3v) is 1.76. The molecule has 0 saturated heterocycles. The second kappa shape index (κ2) is 6.32. The topological polar surface area (TPSA) is 67.4 Å². The maximum atomic E-state index is 11.3. The van der Waals surface area contributed by atoms with E-state index in [1.807, 2.05) is 0 Å². The Bertz CT molecular complexity index is 430. The van der Waals surface area contributed by atoms with Gasteiger partial charge in [0.2, 0.25) is 0 Å². The van der Waals surface area contributed by atoms with Crippen molar-refractivity contribution < 1.29 is 14.3 Å². The van der Waals surface area contributed by atoms with Crippen LogP contribution in [0.4, 0.5) is 10.5 Å². The van der Waals surface area contributed by atoms with Crippen LogP contribution < -0.4 is 15.4 Å². The number of nitrogens with one attached hydrogen (secondary N) is 2. The molecule has 0 spiro atoms. The number of amides is 2. The van der Waals surface area contributed by atoms with Gasteiger partial charge in [0.15, 0.2) is 0 Å². The molecule has 0 bridgehead atoms. The van der Waals surface area contributed by atoms with Crippen LogP contribution in [-0.2, 0) is 4.79 Å². The Hall–Kier alpha value is -2.30. The molecule has 5 nitrogen and oxygen atoms in total. The van der Waals surface area contributed by atoms with E-state index in [0.29, 0.717) is 18.0 Å². The zero-order valence-electron chi connectivity index (χ0n) is 9.53. The average molecular weight is 234 g/mol. The molecule has 5 heteroatoms. The normalized spacial score (nSPS) is 9.24. The fourth-order valence-electron chi connectivity index (χ4n) is 1.14. The first-order valence-electron chi connectivity index (χ1n) is 5.06. The maximum Gasteiger partial charge on any atom is 0.319 e. The number of hydrogen-bond acceptors (Lipinski definition) is 3. The minimum Gasteiger partial charge on any atom is -0.427 e. The zero-order valence-corrected chi connectivity index (χ0v) is 9.53. The van der Waals surface area contributed by atoms with Gasteiger partial charge in [0.05, 0.1) is 0 Å². The molecule has 0 radical (unpaired) electrons. The van der Waals surface area contributed by atoms with E-state index >= 15 is 0 Å². The van der Waals surface area contributed by atoms with Crippen molar-refractivity contribution in [2.24, 2.45) is 0 Å². The van der Waals surface area contributed by atoms with Crippen LogP contribution in [0.15, 0.2) is 36.9 Å². The standard InChI is InChI=1S/C12H14N2O3/c1-3-7-13-12(16)14-10-5-4-6-11(8-10)17-9(2)15/h3-6,8H,1,7H2,2H3,(H2,13,14,16). The number of rotatable bonds is 4. The third kappa shape index (κ3) is 4.83. The fraction of sp³-hybridized carbons (Fsp3) is 0.167. The molecular weight excluding hydrogens is 220 g/mol. The first-order valence-corrected chi connectivity index (χ1v) is 5.06. The lowest BCUT2D eigenvalue weighted by atomic mass is 10.3. The monoisotopic (exact) mass is 234 g/mol. The molecule has 0 heterocycles. The van der Waals surface area contributed by atoms with Crippen LogP contribution >= 0.6 is 0 Å². The SMILES string of the molecule is C=CCNC(=O)Nc1cccc(OC(C)=O)c1.